The van der Waals surface area contributed by atoms with Gasteiger partial charge < -0.3 is 9.30 Å². The van der Waals surface area contributed by atoms with Crippen LogP contribution in [0, 0.1) is 0 Å². The Bertz CT molecular complexity index is 229. The van der Waals surface area contributed by atoms with Gasteiger partial charge in [-0.3, -0.25) is 4.90 Å². The summed E-state index contributed by atoms with van der Waals surface area (Å²) < 4.78 is 7.38. The van der Waals surface area contributed by atoms with Gasteiger partial charge in [0.15, 0.2) is 0 Å². The maximum absolute atomic E-state index is 5.28. The highest BCUT2D eigenvalue weighted by Gasteiger charge is 2.08. The minimum atomic E-state index is 0.879. The smallest absolute Gasteiger partial charge is 0.0946 e. The minimum Gasteiger partial charge on any atom is -0.379 e. The number of imidazole rings is 1. The molecule has 1 aliphatic rings. The Kier molecular flexibility index (Phi) is 2.94. The molecule has 1 aliphatic heterocycles. The van der Waals surface area contributed by atoms with Crippen molar-refractivity contribution in [2.24, 2.45) is 0 Å². The van der Waals surface area contributed by atoms with E-state index >= 15 is 0 Å². The molecule has 0 aromatic carbocycles. The lowest BCUT2D eigenvalue weighted by atomic mass is 10.4. The molecular formula is C9H15N3O. The zero-order chi connectivity index (χ0) is 8.93. The largest absolute Gasteiger partial charge is 0.379 e. The zero-order valence-electron chi connectivity index (χ0n) is 7.72. The molecule has 0 N–H and O–H groups in total. The second-order valence-electron chi connectivity index (χ2n) is 3.25. The van der Waals surface area contributed by atoms with Crippen LogP contribution in [0.3, 0.4) is 0 Å². The summed E-state index contributed by atoms with van der Waals surface area (Å²) >= 11 is 0. The number of rotatable bonds is 3. The van der Waals surface area contributed by atoms with Crippen LogP contribution in [0.2, 0.25) is 0 Å². The molecule has 0 radical (unpaired) electrons. The summed E-state index contributed by atoms with van der Waals surface area (Å²) in [6.07, 6.45) is 5.68. The third-order valence-corrected chi connectivity index (χ3v) is 2.34. The van der Waals surface area contributed by atoms with Crippen molar-refractivity contribution < 1.29 is 4.74 Å². The normalized spacial score (nSPS) is 19.1. The van der Waals surface area contributed by atoms with E-state index < -0.39 is 0 Å². The van der Waals surface area contributed by atoms with Crippen LogP contribution in [0.25, 0.3) is 0 Å². The van der Waals surface area contributed by atoms with Crippen LogP contribution in [0.1, 0.15) is 0 Å². The van der Waals surface area contributed by atoms with Gasteiger partial charge >= 0.3 is 0 Å². The molecule has 1 aromatic rings. The lowest BCUT2D eigenvalue weighted by Crippen LogP contribution is -2.38. The summed E-state index contributed by atoms with van der Waals surface area (Å²) in [5, 5.41) is 0. The van der Waals surface area contributed by atoms with Gasteiger partial charge in [0.25, 0.3) is 0 Å². The number of aromatic nitrogens is 2. The third kappa shape index (κ3) is 2.54. The van der Waals surface area contributed by atoms with E-state index in [9.17, 15) is 0 Å². The van der Waals surface area contributed by atoms with E-state index in [1.807, 2.05) is 18.7 Å². The van der Waals surface area contributed by atoms with Crippen molar-refractivity contribution in [3.8, 4) is 0 Å². The number of hydrogen-bond donors (Lipinski definition) is 0. The van der Waals surface area contributed by atoms with Crippen LogP contribution >= 0.6 is 0 Å². The molecule has 72 valence electrons. The van der Waals surface area contributed by atoms with Gasteiger partial charge in [-0.15, -0.1) is 0 Å². The molecule has 2 rings (SSSR count). The average Bonchev–Trinajstić information content (AvgIpc) is 2.69. The molecule has 0 bridgehead atoms. The summed E-state index contributed by atoms with van der Waals surface area (Å²) in [5.41, 5.74) is 0. The van der Waals surface area contributed by atoms with Gasteiger partial charge in [-0.1, -0.05) is 0 Å². The molecule has 2 heterocycles. The van der Waals surface area contributed by atoms with Crippen LogP contribution < -0.4 is 0 Å². The molecule has 0 atom stereocenters. The number of hydrogen-bond acceptors (Lipinski definition) is 3. The van der Waals surface area contributed by atoms with Crippen molar-refractivity contribution in [1.82, 2.24) is 14.5 Å². The zero-order valence-corrected chi connectivity index (χ0v) is 7.72. The highest BCUT2D eigenvalue weighted by Crippen LogP contribution is 1.97. The van der Waals surface area contributed by atoms with Crippen LogP contribution in [-0.2, 0) is 11.3 Å². The molecule has 4 heteroatoms. The number of morpholine rings is 1. The number of ether oxygens (including phenoxy) is 1. The van der Waals surface area contributed by atoms with Gasteiger partial charge in [-0.05, 0) is 0 Å². The van der Waals surface area contributed by atoms with Crippen molar-refractivity contribution in [1.29, 1.82) is 0 Å². The molecule has 1 aromatic heterocycles. The van der Waals surface area contributed by atoms with Crippen molar-refractivity contribution in [3.63, 3.8) is 0 Å². The van der Waals surface area contributed by atoms with Crippen molar-refractivity contribution >= 4 is 0 Å². The van der Waals surface area contributed by atoms with Gasteiger partial charge in [-0.25, -0.2) is 4.98 Å². The predicted octanol–water partition coefficient (Wildman–Crippen LogP) is 0.215. The van der Waals surface area contributed by atoms with Gasteiger partial charge in [0, 0.05) is 38.6 Å². The van der Waals surface area contributed by atoms with E-state index in [1.165, 1.54) is 0 Å². The molecule has 0 amide bonds. The molecule has 1 fully saturated rings. The maximum Gasteiger partial charge on any atom is 0.0946 e. The summed E-state index contributed by atoms with van der Waals surface area (Å²) in [6, 6.07) is 0. The topological polar surface area (TPSA) is 30.3 Å². The first-order valence-corrected chi connectivity index (χ1v) is 4.71. The second-order valence-corrected chi connectivity index (χ2v) is 3.25. The summed E-state index contributed by atoms with van der Waals surface area (Å²) in [4.78, 5) is 6.43. The Balaban J connectivity index is 1.72. The lowest BCUT2D eigenvalue weighted by Gasteiger charge is -2.26. The van der Waals surface area contributed by atoms with Gasteiger partial charge in [-0.2, -0.15) is 0 Å². The van der Waals surface area contributed by atoms with E-state index in [-0.39, 0.29) is 0 Å². The molecule has 0 saturated carbocycles. The highest BCUT2D eigenvalue weighted by atomic mass is 16.5. The number of nitrogens with zero attached hydrogens (tertiary/aromatic N) is 3. The van der Waals surface area contributed by atoms with Gasteiger partial charge in [0.1, 0.15) is 0 Å². The highest BCUT2D eigenvalue weighted by molar-refractivity contribution is 4.74. The Hall–Kier alpha value is -0.870. The lowest BCUT2D eigenvalue weighted by molar-refractivity contribution is 0.0364. The Morgan fingerprint density at radius 3 is 2.77 bits per heavy atom. The predicted molar refractivity (Wildman–Crippen MR) is 49.5 cm³/mol. The Morgan fingerprint density at radius 1 is 1.23 bits per heavy atom. The van der Waals surface area contributed by atoms with Crippen LogP contribution in [0.5, 0.6) is 0 Å². The van der Waals surface area contributed by atoms with Crippen molar-refractivity contribution in [2.75, 3.05) is 32.8 Å². The first-order valence-electron chi connectivity index (χ1n) is 4.71. The van der Waals surface area contributed by atoms with E-state index in [0.717, 1.165) is 39.4 Å². The van der Waals surface area contributed by atoms with E-state index in [4.69, 9.17) is 4.74 Å². The fraction of sp³-hybridized carbons (Fsp3) is 0.667. The minimum absolute atomic E-state index is 0.879. The van der Waals surface area contributed by atoms with Crippen LogP contribution in [-0.4, -0.2) is 47.3 Å². The summed E-state index contributed by atoms with van der Waals surface area (Å²) in [5.74, 6) is 0. The fourth-order valence-corrected chi connectivity index (χ4v) is 1.50. The van der Waals surface area contributed by atoms with Crippen molar-refractivity contribution in [3.05, 3.63) is 18.7 Å². The van der Waals surface area contributed by atoms with E-state index in [2.05, 4.69) is 14.5 Å². The standard InChI is InChI=1S/C9H15N3O/c1-2-12(9-10-1)4-3-11-5-7-13-8-6-11/h1-2,9H,3-8H2. The van der Waals surface area contributed by atoms with Crippen LogP contribution in [0.4, 0.5) is 0 Å². The Labute approximate surface area is 78.1 Å². The van der Waals surface area contributed by atoms with Crippen molar-refractivity contribution in [2.45, 2.75) is 6.54 Å². The first-order chi connectivity index (χ1) is 6.45. The third-order valence-electron chi connectivity index (χ3n) is 2.34. The quantitative estimate of drug-likeness (QED) is 0.668. The SMILES string of the molecule is c1cn(CCN2CCOCC2)cn1. The molecule has 4 nitrogen and oxygen atoms in total. The van der Waals surface area contributed by atoms with E-state index in [0.29, 0.717) is 0 Å². The van der Waals surface area contributed by atoms with E-state index in [1.54, 1.807) is 0 Å². The molecule has 1 saturated heterocycles. The second kappa shape index (κ2) is 4.39. The molecular weight excluding hydrogens is 166 g/mol. The Morgan fingerprint density at radius 2 is 2.08 bits per heavy atom. The molecule has 0 spiro atoms. The maximum atomic E-state index is 5.28. The summed E-state index contributed by atoms with van der Waals surface area (Å²) in [6.45, 7) is 6.01. The molecule has 0 aliphatic carbocycles. The first kappa shape index (κ1) is 8.72. The monoisotopic (exact) mass is 181 g/mol. The fourth-order valence-electron chi connectivity index (χ4n) is 1.50. The molecule has 0 unspecified atom stereocenters. The average molecular weight is 181 g/mol. The van der Waals surface area contributed by atoms with Crippen LogP contribution in [0.15, 0.2) is 18.7 Å². The van der Waals surface area contributed by atoms with Gasteiger partial charge in [0.2, 0.25) is 0 Å². The van der Waals surface area contributed by atoms with Gasteiger partial charge in [0.05, 0.1) is 19.5 Å². The molecule has 13 heavy (non-hydrogen) atoms. The summed E-state index contributed by atoms with van der Waals surface area (Å²) in [7, 11) is 0.